The molecule has 1 aliphatic rings. The van der Waals surface area contributed by atoms with Crippen molar-refractivity contribution in [2.45, 2.75) is 6.42 Å². The zero-order chi connectivity index (χ0) is 14.9. The summed E-state index contributed by atoms with van der Waals surface area (Å²) in [5.41, 5.74) is 6.29. The number of hydrogen-bond donors (Lipinski definition) is 1. The van der Waals surface area contributed by atoms with Crippen molar-refractivity contribution in [3.63, 3.8) is 0 Å². The lowest BCUT2D eigenvalue weighted by atomic mass is 10.1. The molecule has 5 nitrogen and oxygen atoms in total. The Hall–Kier alpha value is -1.46. The predicted octanol–water partition coefficient (Wildman–Crippen LogP) is 2.21. The van der Waals surface area contributed by atoms with E-state index >= 15 is 0 Å². The zero-order valence-electron chi connectivity index (χ0n) is 10.9. The van der Waals surface area contributed by atoms with Gasteiger partial charge in [-0.25, -0.2) is 0 Å². The van der Waals surface area contributed by atoms with Gasteiger partial charge >= 0.3 is 5.97 Å². The van der Waals surface area contributed by atoms with Gasteiger partial charge in [-0.3, -0.25) is 9.59 Å². The molecule has 1 saturated heterocycles. The van der Waals surface area contributed by atoms with Crippen LogP contribution in [0.3, 0.4) is 0 Å². The Morgan fingerprint density at radius 1 is 1.40 bits per heavy atom. The maximum atomic E-state index is 12.4. The lowest BCUT2D eigenvalue weighted by Gasteiger charge is -2.17. The topological polar surface area (TPSA) is 72.6 Å². The third kappa shape index (κ3) is 2.83. The molecule has 7 heteroatoms. The van der Waals surface area contributed by atoms with E-state index in [0.29, 0.717) is 25.2 Å². The van der Waals surface area contributed by atoms with Gasteiger partial charge in [-0.2, -0.15) is 0 Å². The van der Waals surface area contributed by atoms with Crippen LogP contribution in [0.1, 0.15) is 16.8 Å². The van der Waals surface area contributed by atoms with E-state index in [-0.39, 0.29) is 33.4 Å². The highest BCUT2D eigenvalue weighted by molar-refractivity contribution is 6.44. The van der Waals surface area contributed by atoms with E-state index in [0.717, 1.165) is 0 Å². The third-order valence-electron chi connectivity index (χ3n) is 3.29. The van der Waals surface area contributed by atoms with Gasteiger partial charge in [0.1, 0.15) is 0 Å². The van der Waals surface area contributed by atoms with Crippen molar-refractivity contribution in [1.29, 1.82) is 0 Å². The van der Waals surface area contributed by atoms with E-state index in [1.54, 1.807) is 4.90 Å². The number of ether oxygens (including phenoxy) is 1. The molecule has 0 spiro atoms. The van der Waals surface area contributed by atoms with Gasteiger partial charge in [0.05, 0.1) is 28.6 Å². The number of nitrogen functional groups attached to an aromatic ring is 1. The fourth-order valence-electron chi connectivity index (χ4n) is 2.24. The smallest absolute Gasteiger partial charge is 0.310 e. The molecule has 1 aromatic carbocycles. The van der Waals surface area contributed by atoms with Crippen LogP contribution in [0.5, 0.6) is 0 Å². The van der Waals surface area contributed by atoms with Gasteiger partial charge in [0.15, 0.2) is 0 Å². The summed E-state index contributed by atoms with van der Waals surface area (Å²) in [6.07, 6.45) is 0.575. The first-order chi connectivity index (χ1) is 9.43. The molecule has 2 rings (SSSR count). The van der Waals surface area contributed by atoms with Crippen LogP contribution in [0.4, 0.5) is 5.69 Å². The quantitative estimate of drug-likeness (QED) is 0.670. The highest BCUT2D eigenvalue weighted by atomic mass is 35.5. The molecule has 0 aromatic heterocycles. The van der Waals surface area contributed by atoms with Crippen molar-refractivity contribution in [1.82, 2.24) is 4.90 Å². The van der Waals surface area contributed by atoms with Gasteiger partial charge in [-0.05, 0) is 18.6 Å². The van der Waals surface area contributed by atoms with Gasteiger partial charge in [0.2, 0.25) is 0 Å². The van der Waals surface area contributed by atoms with Crippen LogP contribution in [0.15, 0.2) is 12.1 Å². The molecule has 1 aliphatic heterocycles. The molecule has 1 aromatic rings. The fraction of sp³-hybridized carbons (Fsp3) is 0.385. The number of nitrogens with two attached hydrogens (primary N) is 1. The number of methoxy groups -OCH3 is 1. The number of nitrogens with zero attached hydrogens (tertiary/aromatic N) is 1. The molecular weight excluding hydrogens is 303 g/mol. The molecule has 1 atom stereocenters. The molecule has 1 heterocycles. The number of carbonyl (C=O) groups excluding carboxylic acids is 2. The van der Waals surface area contributed by atoms with Crippen molar-refractivity contribution in [3.05, 3.63) is 27.7 Å². The summed E-state index contributed by atoms with van der Waals surface area (Å²) in [7, 11) is 1.33. The van der Waals surface area contributed by atoms with Crippen molar-refractivity contribution < 1.29 is 14.3 Å². The average molecular weight is 317 g/mol. The number of anilines is 1. The largest absolute Gasteiger partial charge is 0.469 e. The molecule has 0 saturated carbocycles. The summed E-state index contributed by atoms with van der Waals surface area (Å²) in [5.74, 6) is -0.883. The highest BCUT2D eigenvalue weighted by Gasteiger charge is 2.33. The Morgan fingerprint density at radius 3 is 2.75 bits per heavy atom. The monoisotopic (exact) mass is 316 g/mol. The Labute approximate surface area is 126 Å². The number of likely N-dealkylation sites (tertiary alicyclic amines) is 1. The Morgan fingerprint density at radius 2 is 2.10 bits per heavy atom. The van der Waals surface area contributed by atoms with Crippen molar-refractivity contribution >= 4 is 40.8 Å². The Bertz CT molecular complexity index is 563. The van der Waals surface area contributed by atoms with Crippen LogP contribution in [-0.4, -0.2) is 37.0 Å². The minimum Gasteiger partial charge on any atom is -0.469 e. The maximum Gasteiger partial charge on any atom is 0.310 e. The van der Waals surface area contributed by atoms with Gasteiger partial charge in [0.25, 0.3) is 5.91 Å². The molecule has 0 radical (unpaired) electrons. The first-order valence-electron chi connectivity index (χ1n) is 6.05. The SMILES string of the molecule is COC(=O)C1CCN(C(=O)c2cc(N)cc(Cl)c2Cl)C1. The maximum absolute atomic E-state index is 12.4. The van der Waals surface area contributed by atoms with E-state index in [1.807, 2.05) is 0 Å². The molecule has 0 bridgehead atoms. The second kappa shape index (κ2) is 5.89. The number of esters is 1. The first-order valence-corrected chi connectivity index (χ1v) is 6.81. The fourth-order valence-corrected chi connectivity index (χ4v) is 2.66. The molecule has 1 fully saturated rings. The van der Waals surface area contributed by atoms with Gasteiger partial charge in [-0.15, -0.1) is 0 Å². The molecule has 1 amide bonds. The van der Waals surface area contributed by atoms with Crippen LogP contribution < -0.4 is 5.73 Å². The van der Waals surface area contributed by atoms with Gasteiger partial charge in [0, 0.05) is 18.8 Å². The minimum atomic E-state index is -0.308. The molecular formula is C13H14Cl2N2O3. The summed E-state index contributed by atoms with van der Waals surface area (Å²) in [6, 6.07) is 2.98. The van der Waals surface area contributed by atoms with Crippen LogP contribution in [0.2, 0.25) is 10.0 Å². The Balaban J connectivity index is 2.19. The van der Waals surface area contributed by atoms with E-state index in [4.69, 9.17) is 28.9 Å². The van der Waals surface area contributed by atoms with Crippen LogP contribution in [0.25, 0.3) is 0 Å². The number of amides is 1. The summed E-state index contributed by atoms with van der Waals surface area (Å²) in [5, 5.41) is 0.408. The third-order valence-corrected chi connectivity index (χ3v) is 4.09. The summed E-state index contributed by atoms with van der Waals surface area (Å²) in [6.45, 7) is 0.787. The van der Waals surface area contributed by atoms with E-state index in [9.17, 15) is 9.59 Å². The van der Waals surface area contributed by atoms with E-state index in [2.05, 4.69) is 4.74 Å². The predicted molar refractivity (Wildman–Crippen MR) is 76.9 cm³/mol. The zero-order valence-corrected chi connectivity index (χ0v) is 12.4. The van der Waals surface area contributed by atoms with Crippen LogP contribution in [0, 0.1) is 5.92 Å². The molecule has 0 aliphatic carbocycles. The van der Waals surface area contributed by atoms with Crippen LogP contribution in [-0.2, 0) is 9.53 Å². The first kappa shape index (κ1) is 14.9. The summed E-state index contributed by atoms with van der Waals surface area (Å²) >= 11 is 12.0. The van der Waals surface area contributed by atoms with Crippen LogP contribution >= 0.6 is 23.2 Å². The minimum absolute atomic E-state index is 0.174. The second-order valence-electron chi connectivity index (χ2n) is 4.62. The average Bonchev–Trinajstić information content (AvgIpc) is 2.90. The number of carbonyl (C=O) groups is 2. The lowest BCUT2D eigenvalue weighted by molar-refractivity contribution is -0.144. The highest BCUT2D eigenvalue weighted by Crippen LogP contribution is 2.31. The van der Waals surface area contributed by atoms with Crippen molar-refractivity contribution in [3.8, 4) is 0 Å². The number of benzene rings is 1. The van der Waals surface area contributed by atoms with Gasteiger partial charge in [-0.1, -0.05) is 23.2 Å². The summed E-state index contributed by atoms with van der Waals surface area (Å²) < 4.78 is 4.69. The number of rotatable bonds is 2. The molecule has 108 valence electrons. The van der Waals surface area contributed by atoms with E-state index in [1.165, 1.54) is 19.2 Å². The number of hydrogen-bond acceptors (Lipinski definition) is 4. The second-order valence-corrected chi connectivity index (χ2v) is 5.41. The molecule has 20 heavy (non-hydrogen) atoms. The summed E-state index contributed by atoms with van der Waals surface area (Å²) in [4.78, 5) is 25.4. The Kier molecular flexibility index (Phi) is 4.40. The molecule has 2 N–H and O–H groups in total. The normalized spacial score (nSPS) is 18.1. The van der Waals surface area contributed by atoms with Crippen molar-refractivity contribution in [2.24, 2.45) is 5.92 Å². The number of halogens is 2. The van der Waals surface area contributed by atoms with Crippen molar-refractivity contribution in [2.75, 3.05) is 25.9 Å². The van der Waals surface area contributed by atoms with E-state index < -0.39 is 0 Å². The molecule has 1 unspecified atom stereocenters. The lowest BCUT2D eigenvalue weighted by Crippen LogP contribution is -2.30. The van der Waals surface area contributed by atoms with Gasteiger partial charge < -0.3 is 15.4 Å². The standard InChI is InChI=1S/C13H14Cl2N2O3/c1-20-13(19)7-2-3-17(6-7)12(18)9-4-8(16)5-10(14)11(9)15/h4-5,7H,2-3,6,16H2,1H3.